The second-order valence-corrected chi connectivity index (χ2v) is 7.85. The molecule has 140 valence electrons. The molecule has 3 heterocycles. The molecule has 1 saturated heterocycles. The number of aliphatic imine (C=N–C) groups is 2. The summed E-state index contributed by atoms with van der Waals surface area (Å²) in [6.45, 7) is 1.60. The first-order chi connectivity index (χ1) is 13.1. The van der Waals surface area contributed by atoms with Gasteiger partial charge in [0, 0.05) is 19.0 Å². The SMILES string of the molecule is N[N+]12C=CN=C(I)C1=C(C1CCN(C(=O)OCc3ccccc3)CC1)N=C2. The van der Waals surface area contributed by atoms with Gasteiger partial charge in [-0.2, -0.15) is 10.8 Å². The van der Waals surface area contributed by atoms with Gasteiger partial charge in [-0.1, -0.05) is 30.3 Å². The number of quaternary nitrogens is 1. The Labute approximate surface area is 171 Å². The molecule has 0 spiro atoms. The quantitative estimate of drug-likeness (QED) is 0.412. The van der Waals surface area contributed by atoms with Crippen molar-refractivity contribution in [1.29, 1.82) is 0 Å². The van der Waals surface area contributed by atoms with E-state index in [1.165, 1.54) is 0 Å². The minimum absolute atomic E-state index is 0.0798. The molecular formula is C19H21IN5O2+. The molecule has 2 N–H and O–H groups in total. The number of nitrogens with zero attached hydrogens (tertiary/aromatic N) is 4. The van der Waals surface area contributed by atoms with Gasteiger partial charge in [-0.05, 0) is 41.0 Å². The second-order valence-electron chi connectivity index (χ2n) is 6.83. The van der Waals surface area contributed by atoms with Gasteiger partial charge in [-0.3, -0.25) is 0 Å². The monoisotopic (exact) mass is 478 g/mol. The number of ether oxygens (including phenoxy) is 1. The maximum absolute atomic E-state index is 12.3. The zero-order valence-corrected chi connectivity index (χ0v) is 16.9. The van der Waals surface area contributed by atoms with Crippen LogP contribution in [0.25, 0.3) is 0 Å². The van der Waals surface area contributed by atoms with E-state index in [1.54, 1.807) is 17.4 Å². The number of likely N-dealkylation sites (tertiary alicyclic amines) is 1. The Morgan fingerprint density at radius 2 is 2.04 bits per heavy atom. The number of amides is 1. The number of carbonyl (C=O) groups is 1. The molecule has 4 rings (SSSR count). The van der Waals surface area contributed by atoms with Crippen LogP contribution >= 0.6 is 22.6 Å². The third kappa shape index (κ3) is 3.69. The number of carbonyl (C=O) groups excluding carboxylic acids is 1. The summed E-state index contributed by atoms with van der Waals surface area (Å²) in [6, 6.07) is 9.72. The van der Waals surface area contributed by atoms with Gasteiger partial charge in [0.15, 0.2) is 3.72 Å². The van der Waals surface area contributed by atoms with E-state index in [4.69, 9.17) is 10.6 Å². The molecule has 1 amide bonds. The van der Waals surface area contributed by atoms with Crippen LogP contribution in [-0.2, 0) is 11.3 Å². The van der Waals surface area contributed by atoms with Gasteiger partial charge in [0.1, 0.15) is 18.5 Å². The predicted octanol–water partition coefficient (Wildman–Crippen LogP) is 3.30. The highest BCUT2D eigenvalue weighted by Crippen LogP contribution is 2.37. The Bertz CT molecular complexity index is 856. The van der Waals surface area contributed by atoms with E-state index in [0.29, 0.717) is 19.7 Å². The number of hydrogen-bond donors (Lipinski definition) is 1. The molecule has 3 aliphatic heterocycles. The molecule has 7 nitrogen and oxygen atoms in total. The lowest BCUT2D eigenvalue weighted by atomic mass is 9.92. The number of rotatable bonds is 3. The lowest BCUT2D eigenvalue weighted by molar-refractivity contribution is -0.744. The van der Waals surface area contributed by atoms with Crippen LogP contribution in [0.1, 0.15) is 18.4 Å². The molecule has 0 aliphatic carbocycles. The molecule has 1 aromatic rings. The highest BCUT2D eigenvalue weighted by Gasteiger charge is 2.42. The van der Waals surface area contributed by atoms with Crippen molar-refractivity contribution in [2.75, 3.05) is 13.1 Å². The average molecular weight is 478 g/mol. The smallest absolute Gasteiger partial charge is 0.410 e. The molecule has 0 radical (unpaired) electrons. The van der Waals surface area contributed by atoms with Crippen LogP contribution in [0.15, 0.2) is 64.1 Å². The van der Waals surface area contributed by atoms with Crippen molar-refractivity contribution >= 4 is 38.7 Å². The highest BCUT2D eigenvalue weighted by molar-refractivity contribution is 14.1. The molecule has 0 bridgehead atoms. The van der Waals surface area contributed by atoms with Crippen molar-refractivity contribution in [3.8, 4) is 0 Å². The van der Waals surface area contributed by atoms with Crippen molar-refractivity contribution < 1.29 is 14.1 Å². The topological polar surface area (TPSA) is 80.3 Å². The van der Waals surface area contributed by atoms with E-state index < -0.39 is 0 Å². The number of benzene rings is 1. The van der Waals surface area contributed by atoms with Crippen LogP contribution in [0.4, 0.5) is 4.79 Å². The van der Waals surface area contributed by atoms with Crippen molar-refractivity contribution in [2.24, 2.45) is 21.7 Å². The number of halogens is 1. The Morgan fingerprint density at radius 3 is 2.78 bits per heavy atom. The first-order valence-electron chi connectivity index (χ1n) is 8.91. The normalized spacial score (nSPS) is 24.8. The minimum Gasteiger partial charge on any atom is -0.445 e. The van der Waals surface area contributed by atoms with E-state index in [2.05, 4.69) is 32.6 Å². The molecule has 27 heavy (non-hydrogen) atoms. The standard InChI is InChI=1S/C19H21IN5O2/c20-18-17-16(23-13-25(17,21)11-8-22-18)15-6-9-24(10-7-15)19(26)27-12-14-4-2-1-3-5-14/h1-5,8,11,13,15H,6-7,9-10,12,21H2/q+1. The van der Waals surface area contributed by atoms with Crippen molar-refractivity contribution in [1.82, 2.24) is 4.90 Å². The summed E-state index contributed by atoms with van der Waals surface area (Å²) in [4.78, 5) is 23.1. The van der Waals surface area contributed by atoms with E-state index in [9.17, 15) is 4.79 Å². The highest BCUT2D eigenvalue weighted by atomic mass is 127. The van der Waals surface area contributed by atoms with Crippen molar-refractivity contribution in [3.05, 3.63) is 59.7 Å². The zero-order valence-electron chi connectivity index (χ0n) is 14.8. The zero-order chi connectivity index (χ0) is 18.9. The number of allylic oxidation sites excluding steroid dienone is 2. The molecule has 0 saturated carbocycles. The van der Waals surface area contributed by atoms with Gasteiger partial charge in [0.2, 0.25) is 12.0 Å². The van der Waals surface area contributed by atoms with Crippen LogP contribution in [0.2, 0.25) is 0 Å². The minimum atomic E-state index is -0.259. The summed E-state index contributed by atoms with van der Waals surface area (Å²) in [5.74, 6) is 6.66. The molecular weight excluding hydrogens is 457 g/mol. The number of piperidine rings is 1. The molecule has 1 atom stereocenters. The second kappa shape index (κ2) is 7.53. The summed E-state index contributed by atoms with van der Waals surface area (Å²) in [6.07, 6.45) is 6.70. The molecule has 0 aromatic heterocycles. The lowest BCUT2D eigenvalue weighted by Crippen LogP contribution is -2.48. The van der Waals surface area contributed by atoms with Gasteiger partial charge in [0.05, 0.1) is 6.20 Å². The summed E-state index contributed by atoms with van der Waals surface area (Å²) in [5, 5.41) is 0. The van der Waals surface area contributed by atoms with E-state index in [1.807, 2.05) is 36.5 Å². The number of hydrogen-bond acceptors (Lipinski definition) is 5. The van der Waals surface area contributed by atoms with E-state index in [-0.39, 0.29) is 16.6 Å². The number of fused-ring (bicyclic) bond motifs is 1. The number of nitrogens with two attached hydrogens (primary N) is 1. The first kappa shape index (κ1) is 18.3. The van der Waals surface area contributed by atoms with Crippen LogP contribution in [-0.4, -0.2) is 38.7 Å². The summed E-state index contributed by atoms with van der Waals surface area (Å²) in [7, 11) is 0. The Kier molecular flexibility index (Phi) is 5.11. The van der Waals surface area contributed by atoms with Crippen LogP contribution in [0.3, 0.4) is 0 Å². The van der Waals surface area contributed by atoms with Crippen molar-refractivity contribution in [2.45, 2.75) is 19.4 Å². The Morgan fingerprint density at radius 1 is 1.30 bits per heavy atom. The van der Waals surface area contributed by atoms with Crippen LogP contribution in [0, 0.1) is 5.92 Å². The van der Waals surface area contributed by atoms with Gasteiger partial charge in [-0.15, -0.1) is 4.59 Å². The summed E-state index contributed by atoms with van der Waals surface area (Å²) < 4.78 is 6.39. The molecule has 8 heteroatoms. The fraction of sp³-hybridized carbons (Fsp3) is 0.316. The fourth-order valence-corrected chi connectivity index (χ4v) is 4.42. The molecule has 1 aromatic carbocycles. The van der Waals surface area contributed by atoms with Crippen LogP contribution < -0.4 is 5.84 Å². The molecule has 1 unspecified atom stereocenters. The Hall–Kier alpha value is -2.04. The third-order valence-corrected chi connectivity index (χ3v) is 5.85. The molecule has 1 fully saturated rings. The van der Waals surface area contributed by atoms with Gasteiger partial charge in [-0.25, -0.2) is 9.79 Å². The summed E-state index contributed by atoms with van der Waals surface area (Å²) in [5.41, 5.74) is 2.93. The fourth-order valence-electron chi connectivity index (χ4n) is 3.57. The van der Waals surface area contributed by atoms with Crippen LogP contribution in [0.5, 0.6) is 0 Å². The Balaban J connectivity index is 1.37. The van der Waals surface area contributed by atoms with Crippen molar-refractivity contribution in [3.63, 3.8) is 0 Å². The predicted molar refractivity (Wildman–Crippen MR) is 111 cm³/mol. The van der Waals surface area contributed by atoms with E-state index >= 15 is 0 Å². The largest absolute Gasteiger partial charge is 0.445 e. The average Bonchev–Trinajstić information content (AvgIpc) is 3.06. The van der Waals surface area contributed by atoms with Gasteiger partial charge in [0.25, 0.3) is 0 Å². The first-order valence-corrected chi connectivity index (χ1v) is 9.99. The van der Waals surface area contributed by atoms with Gasteiger partial charge < -0.3 is 9.64 Å². The maximum atomic E-state index is 12.3. The molecule has 3 aliphatic rings. The van der Waals surface area contributed by atoms with E-state index in [0.717, 1.165) is 33.5 Å². The maximum Gasteiger partial charge on any atom is 0.410 e. The third-order valence-electron chi connectivity index (χ3n) is 5.06. The lowest BCUT2D eigenvalue weighted by Gasteiger charge is -2.31. The van der Waals surface area contributed by atoms with Gasteiger partial charge >= 0.3 is 6.09 Å². The summed E-state index contributed by atoms with van der Waals surface area (Å²) >= 11 is 2.21.